The van der Waals surface area contributed by atoms with Crippen molar-refractivity contribution < 1.29 is 14.3 Å². The maximum atomic E-state index is 12.7. The van der Waals surface area contributed by atoms with Crippen LogP contribution in [-0.2, 0) is 0 Å². The summed E-state index contributed by atoms with van der Waals surface area (Å²) in [6, 6.07) is -0.257. The lowest BCUT2D eigenvalue weighted by Gasteiger charge is -2.39. The molecule has 1 rings (SSSR count). The van der Waals surface area contributed by atoms with Crippen molar-refractivity contribution in [3.8, 4) is 0 Å². The van der Waals surface area contributed by atoms with Crippen LogP contribution in [0.2, 0.25) is 0 Å². The number of hydrogen-bond acceptors (Lipinski definition) is 2. The van der Waals surface area contributed by atoms with E-state index in [9.17, 15) is 9.18 Å². The number of nitrogens with one attached hydrogen (secondary N) is 1. The fraction of sp³-hybridized carbons (Fsp3) is 0.900. The molecule has 1 fully saturated rings. The second kappa shape index (κ2) is 4.35. The zero-order valence-electron chi connectivity index (χ0n) is 9.46. The third kappa shape index (κ3) is 2.59. The Balaban J connectivity index is 2.85. The van der Waals surface area contributed by atoms with Crippen molar-refractivity contribution in [2.24, 2.45) is 5.92 Å². The molecule has 2 atom stereocenters. The zero-order chi connectivity index (χ0) is 11.6. The SMILES string of the molecule is CC(C)(C)N(C(=O)O)[C@@H]1CNC[C@@H]1CF. The summed E-state index contributed by atoms with van der Waals surface area (Å²) in [6.07, 6.45) is -0.977. The van der Waals surface area contributed by atoms with Gasteiger partial charge in [0.25, 0.3) is 0 Å². The molecule has 0 aromatic heterocycles. The molecular weight excluding hydrogens is 199 g/mol. The molecule has 0 spiro atoms. The minimum atomic E-state index is -0.977. The fourth-order valence-electron chi connectivity index (χ4n) is 2.11. The monoisotopic (exact) mass is 218 g/mol. The molecule has 0 radical (unpaired) electrons. The quantitative estimate of drug-likeness (QED) is 0.735. The fourth-order valence-corrected chi connectivity index (χ4v) is 2.11. The van der Waals surface area contributed by atoms with E-state index in [1.165, 1.54) is 4.90 Å². The van der Waals surface area contributed by atoms with Gasteiger partial charge in [0.1, 0.15) is 0 Å². The van der Waals surface area contributed by atoms with Gasteiger partial charge >= 0.3 is 6.09 Å². The van der Waals surface area contributed by atoms with E-state index in [1.54, 1.807) is 0 Å². The Labute approximate surface area is 89.4 Å². The highest BCUT2D eigenvalue weighted by molar-refractivity contribution is 5.66. The number of carboxylic acid groups (broad SMARTS) is 1. The summed E-state index contributed by atoms with van der Waals surface area (Å²) < 4.78 is 12.7. The number of hydrogen-bond donors (Lipinski definition) is 2. The third-order valence-electron chi connectivity index (χ3n) is 2.76. The van der Waals surface area contributed by atoms with E-state index < -0.39 is 18.3 Å². The average molecular weight is 218 g/mol. The van der Waals surface area contributed by atoms with Gasteiger partial charge in [0.05, 0.1) is 12.7 Å². The lowest BCUT2D eigenvalue weighted by atomic mass is 9.97. The van der Waals surface area contributed by atoms with E-state index in [-0.39, 0.29) is 12.0 Å². The van der Waals surface area contributed by atoms with Gasteiger partial charge in [0.15, 0.2) is 0 Å². The minimum absolute atomic E-state index is 0.222. The highest BCUT2D eigenvalue weighted by Crippen LogP contribution is 2.24. The first-order chi connectivity index (χ1) is 6.88. The molecule has 0 saturated carbocycles. The normalized spacial score (nSPS) is 26.7. The molecular formula is C10H19FN2O2. The van der Waals surface area contributed by atoms with E-state index in [4.69, 9.17) is 5.11 Å². The zero-order valence-corrected chi connectivity index (χ0v) is 9.46. The number of rotatable bonds is 2. The summed E-state index contributed by atoms with van der Waals surface area (Å²) in [6.45, 7) is 6.11. The molecule has 0 unspecified atom stereocenters. The first-order valence-corrected chi connectivity index (χ1v) is 5.17. The lowest BCUT2D eigenvalue weighted by molar-refractivity contribution is 0.0582. The van der Waals surface area contributed by atoms with E-state index in [2.05, 4.69) is 5.32 Å². The molecule has 0 bridgehead atoms. The van der Waals surface area contributed by atoms with Crippen LogP contribution in [0.4, 0.5) is 9.18 Å². The van der Waals surface area contributed by atoms with E-state index >= 15 is 0 Å². The Bertz CT molecular complexity index is 240. The van der Waals surface area contributed by atoms with Crippen LogP contribution in [0, 0.1) is 5.92 Å². The molecule has 0 aromatic rings. The number of nitrogens with zero attached hydrogens (tertiary/aromatic N) is 1. The van der Waals surface area contributed by atoms with Crippen LogP contribution in [0.5, 0.6) is 0 Å². The van der Waals surface area contributed by atoms with Gasteiger partial charge in [-0.25, -0.2) is 4.79 Å². The largest absolute Gasteiger partial charge is 0.465 e. The number of halogens is 1. The number of carbonyl (C=O) groups is 1. The maximum absolute atomic E-state index is 12.7. The average Bonchev–Trinajstić information content (AvgIpc) is 2.48. The molecule has 0 aliphatic carbocycles. The van der Waals surface area contributed by atoms with Gasteiger partial charge in [-0.15, -0.1) is 0 Å². The lowest BCUT2D eigenvalue weighted by Crippen LogP contribution is -2.54. The molecule has 1 aliphatic rings. The first kappa shape index (κ1) is 12.2. The molecule has 2 N–H and O–H groups in total. The van der Waals surface area contributed by atoms with Gasteiger partial charge in [-0.1, -0.05) is 0 Å². The van der Waals surface area contributed by atoms with Crippen molar-refractivity contribution in [2.45, 2.75) is 32.4 Å². The van der Waals surface area contributed by atoms with E-state index in [0.717, 1.165) is 0 Å². The molecule has 1 heterocycles. The van der Waals surface area contributed by atoms with Gasteiger partial charge in [-0.05, 0) is 20.8 Å². The van der Waals surface area contributed by atoms with Gasteiger partial charge in [0.2, 0.25) is 0 Å². The van der Waals surface area contributed by atoms with Crippen molar-refractivity contribution in [3.63, 3.8) is 0 Å². The van der Waals surface area contributed by atoms with Gasteiger partial charge in [-0.3, -0.25) is 9.29 Å². The van der Waals surface area contributed by atoms with Crippen LogP contribution in [0.25, 0.3) is 0 Å². The smallest absolute Gasteiger partial charge is 0.408 e. The number of alkyl halides is 1. The van der Waals surface area contributed by atoms with Crippen molar-refractivity contribution in [2.75, 3.05) is 19.8 Å². The van der Waals surface area contributed by atoms with Crippen LogP contribution in [-0.4, -0.2) is 47.4 Å². The standard InChI is InChI=1S/C10H19FN2O2/c1-10(2,3)13(9(14)15)8-6-12-5-7(8)4-11/h7-8,12H,4-6H2,1-3H3,(H,14,15)/t7-,8+/m0/s1. The maximum Gasteiger partial charge on any atom is 0.408 e. The first-order valence-electron chi connectivity index (χ1n) is 5.17. The third-order valence-corrected chi connectivity index (χ3v) is 2.76. The summed E-state index contributed by atoms with van der Waals surface area (Å²) in [5.41, 5.74) is -0.490. The highest BCUT2D eigenvalue weighted by atomic mass is 19.1. The molecule has 1 aliphatic heterocycles. The van der Waals surface area contributed by atoms with Crippen LogP contribution in [0.3, 0.4) is 0 Å². The van der Waals surface area contributed by atoms with Crippen LogP contribution in [0.15, 0.2) is 0 Å². The van der Waals surface area contributed by atoms with Gasteiger partial charge in [-0.2, -0.15) is 0 Å². The number of amides is 1. The van der Waals surface area contributed by atoms with Gasteiger partial charge in [0, 0.05) is 24.5 Å². The molecule has 15 heavy (non-hydrogen) atoms. The van der Waals surface area contributed by atoms with Crippen LogP contribution < -0.4 is 5.32 Å². The Kier molecular flexibility index (Phi) is 3.54. The molecule has 88 valence electrons. The molecule has 4 nitrogen and oxygen atoms in total. The molecule has 0 aromatic carbocycles. The molecule has 1 amide bonds. The summed E-state index contributed by atoms with van der Waals surface area (Å²) >= 11 is 0. The summed E-state index contributed by atoms with van der Waals surface area (Å²) in [5.74, 6) is -0.222. The molecule has 1 saturated heterocycles. The second-order valence-corrected chi connectivity index (χ2v) is 4.96. The second-order valence-electron chi connectivity index (χ2n) is 4.96. The molecule has 5 heteroatoms. The predicted octanol–water partition coefficient (Wildman–Crippen LogP) is 1.32. The van der Waals surface area contributed by atoms with Crippen molar-refractivity contribution in [1.29, 1.82) is 0 Å². The van der Waals surface area contributed by atoms with E-state index in [0.29, 0.717) is 13.1 Å². The Morgan fingerprint density at radius 3 is 2.53 bits per heavy atom. The Morgan fingerprint density at radius 2 is 2.13 bits per heavy atom. The van der Waals surface area contributed by atoms with Gasteiger partial charge < -0.3 is 10.4 Å². The Morgan fingerprint density at radius 1 is 1.53 bits per heavy atom. The Hall–Kier alpha value is -0.840. The van der Waals surface area contributed by atoms with E-state index in [1.807, 2.05) is 20.8 Å². The summed E-state index contributed by atoms with van der Waals surface area (Å²) in [4.78, 5) is 12.5. The van der Waals surface area contributed by atoms with Crippen molar-refractivity contribution in [3.05, 3.63) is 0 Å². The topological polar surface area (TPSA) is 52.6 Å². The van der Waals surface area contributed by atoms with Crippen LogP contribution in [0.1, 0.15) is 20.8 Å². The van der Waals surface area contributed by atoms with Crippen molar-refractivity contribution >= 4 is 6.09 Å². The highest BCUT2D eigenvalue weighted by Gasteiger charge is 2.40. The predicted molar refractivity (Wildman–Crippen MR) is 55.7 cm³/mol. The minimum Gasteiger partial charge on any atom is -0.465 e. The summed E-state index contributed by atoms with van der Waals surface area (Å²) in [7, 11) is 0. The van der Waals surface area contributed by atoms with Crippen molar-refractivity contribution in [1.82, 2.24) is 10.2 Å². The van der Waals surface area contributed by atoms with Crippen LogP contribution >= 0.6 is 0 Å². The summed E-state index contributed by atoms with van der Waals surface area (Å²) in [5, 5.41) is 12.2.